The maximum Gasteiger partial charge on any atom is 0.248 e. The third-order valence-electron chi connectivity index (χ3n) is 4.36. The molecule has 0 saturated heterocycles. The van der Waals surface area contributed by atoms with Crippen LogP contribution in [0.2, 0.25) is 5.02 Å². The minimum absolute atomic E-state index is 0.130. The van der Waals surface area contributed by atoms with Crippen LogP contribution in [0.1, 0.15) is 0 Å². The van der Waals surface area contributed by atoms with E-state index in [9.17, 15) is 4.79 Å². The van der Waals surface area contributed by atoms with Gasteiger partial charge in [-0.3, -0.25) is 4.79 Å². The molecular weight excluding hydrogens is 426 g/mol. The number of benzene rings is 2. The van der Waals surface area contributed by atoms with Gasteiger partial charge in [0.15, 0.2) is 11.5 Å². The second-order valence-corrected chi connectivity index (χ2v) is 6.90. The molecule has 0 aliphatic carbocycles. The Bertz CT molecular complexity index is 1240. The summed E-state index contributed by atoms with van der Waals surface area (Å²) in [6.07, 6.45) is 1.43. The SMILES string of the molecule is O=C(Cn1nnc(-c2ccc(Cl)cc2-n2cnnn2)n1)Nc1ccc2c(c1)OCCO2. The molecule has 12 nitrogen and oxygen atoms in total. The van der Waals surface area contributed by atoms with Crippen molar-refractivity contribution in [2.75, 3.05) is 18.5 Å². The number of hydrogen-bond acceptors (Lipinski definition) is 9. The molecule has 1 aliphatic rings. The lowest BCUT2D eigenvalue weighted by Crippen LogP contribution is -2.21. The molecule has 0 unspecified atom stereocenters. The van der Waals surface area contributed by atoms with Crippen molar-refractivity contribution in [3.05, 3.63) is 47.7 Å². The summed E-state index contributed by atoms with van der Waals surface area (Å²) in [5.74, 6) is 1.21. The second kappa shape index (κ2) is 7.99. The largest absolute Gasteiger partial charge is 0.486 e. The Morgan fingerprint density at radius 3 is 2.81 bits per heavy atom. The van der Waals surface area contributed by atoms with Crippen molar-refractivity contribution in [3.63, 3.8) is 0 Å². The van der Waals surface area contributed by atoms with Gasteiger partial charge in [0.25, 0.3) is 0 Å². The van der Waals surface area contributed by atoms with Gasteiger partial charge in [0.05, 0.1) is 5.69 Å². The van der Waals surface area contributed by atoms with Crippen LogP contribution >= 0.6 is 11.6 Å². The highest BCUT2D eigenvalue weighted by molar-refractivity contribution is 6.30. The van der Waals surface area contributed by atoms with Crippen molar-refractivity contribution in [1.29, 1.82) is 0 Å². The summed E-state index contributed by atoms with van der Waals surface area (Å²) in [7, 11) is 0. The molecule has 156 valence electrons. The van der Waals surface area contributed by atoms with Gasteiger partial charge in [-0.05, 0) is 46.0 Å². The van der Waals surface area contributed by atoms with E-state index in [1.54, 1.807) is 36.4 Å². The van der Waals surface area contributed by atoms with Gasteiger partial charge < -0.3 is 14.8 Å². The van der Waals surface area contributed by atoms with Crippen molar-refractivity contribution in [2.24, 2.45) is 0 Å². The zero-order chi connectivity index (χ0) is 21.2. The zero-order valence-corrected chi connectivity index (χ0v) is 16.6. The van der Waals surface area contributed by atoms with Gasteiger partial charge in [0.1, 0.15) is 26.1 Å². The Labute approximate surface area is 179 Å². The average Bonchev–Trinajstić information content (AvgIpc) is 3.46. The fourth-order valence-electron chi connectivity index (χ4n) is 3.02. The summed E-state index contributed by atoms with van der Waals surface area (Å²) in [6, 6.07) is 10.3. The van der Waals surface area contributed by atoms with E-state index in [2.05, 4.69) is 36.3 Å². The summed E-state index contributed by atoms with van der Waals surface area (Å²) >= 11 is 6.10. The van der Waals surface area contributed by atoms with Gasteiger partial charge >= 0.3 is 0 Å². The number of carbonyl (C=O) groups excluding carboxylic acids is 1. The molecule has 1 aliphatic heterocycles. The molecular formula is C18H14ClN9O3. The number of halogens is 1. The van der Waals surface area contributed by atoms with Crippen molar-refractivity contribution in [3.8, 4) is 28.6 Å². The van der Waals surface area contributed by atoms with Crippen LogP contribution in [0.3, 0.4) is 0 Å². The van der Waals surface area contributed by atoms with E-state index in [4.69, 9.17) is 21.1 Å². The molecule has 31 heavy (non-hydrogen) atoms. The molecule has 2 aromatic carbocycles. The van der Waals surface area contributed by atoms with Crippen LogP contribution in [-0.4, -0.2) is 59.5 Å². The van der Waals surface area contributed by atoms with Gasteiger partial charge in [-0.25, -0.2) is 0 Å². The van der Waals surface area contributed by atoms with Gasteiger partial charge in [-0.2, -0.15) is 9.48 Å². The quantitative estimate of drug-likeness (QED) is 0.489. The zero-order valence-electron chi connectivity index (χ0n) is 15.8. The lowest BCUT2D eigenvalue weighted by Gasteiger charge is -2.18. The maximum atomic E-state index is 12.4. The number of hydrogen-bond donors (Lipinski definition) is 1. The highest BCUT2D eigenvalue weighted by Crippen LogP contribution is 2.32. The van der Waals surface area contributed by atoms with Gasteiger partial charge in [-0.1, -0.05) is 11.6 Å². The number of carbonyl (C=O) groups is 1. The predicted octanol–water partition coefficient (Wildman–Crippen LogP) is 1.38. The Kier molecular flexibility index (Phi) is 4.88. The first-order valence-electron chi connectivity index (χ1n) is 9.16. The van der Waals surface area contributed by atoms with E-state index in [0.717, 1.165) is 0 Å². The van der Waals surface area contributed by atoms with Crippen LogP contribution < -0.4 is 14.8 Å². The Balaban J connectivity index is 1.32. The first kappa shape index (κ1) is 18.9. The monoisotopic (exact) mass is 439 g/mol. The number of aromatic nitrogens is 8. The molecule has 0 bridgehead atoms. The molecule has 0 saturated carbocycles. The van der Waals surface area contributed by atoms with Crippen LogP contribution in [0.15, 0.2) is 42.7 Å². The maximum absolute atomic E-state index is 12.4. The molecule has 0 radical (unpaired) electrons. The summed E-state index contributed by atoms with van der Waals surface area (Å²) in [5.41, 5.74) is 1.77. The van der Waals surface area contributed by atoms with Crippen LogP contribution in [0.25, 0.3) is 17.1 Å². The van der Waals surface area contributed by atoms with Gasteiger partial charge in [-0.15, -0.1) is 15.3 Å². The molecule has 1 N–H and O–H groups in total. The average molecular weight is 440 g/mol. The topological polar surface area (TPSA) is 135 Å². The second-order valence-electron chi connectivity index (χ2n) is 6.47. The van der Waals surface area contributed by atoms with Crippen molar-refractivity contribution < 1.29 is 14.3 Å². The van der Waals surface area contributed by atoms with Crippen LogP contribution in [0, 0.1) is 0 Å². The molecule has 13 heteroatoms. The number of nitrogens with zero attached hydrogens (tertiary/aromatic N) is 8. The minimum atomic E-state index is -0.322. The van der Waals surface area contributed by atoms with Crippen molar-refractivity contribution in [2.45, 2.75) is 6.54 Å². The number of nitrogens with one attached hydrogen (secondary N) is 1. The fraction of sp³-hybridized carbons (Fsp3) is 0.167. The van der Waals surface area contributed by atoms with E-state index in [1.165, 1.54) is 15.8 Å². The van der Waals surface area contributed by atoms with Gasteiger partial charge in [0.2, 0.25) is 11.7 Å². The van der Waals surface area contributed by atoms with E-state index in [0.29, 0.717) is 52.5 Å². The molecule has 2 aromatic heterocycles. The smallest absolute Gasteiger partial charge is 0.248 e. The van der Waals surface area contributed by atoms with Gasteiger partial charge in [0, 0.05) is 22.3 Å². The summed E-state index contributed by atoms with van der Waals surface area (Å²) in [5, 5.41) is 26.7. The van der Waals surface area contributed by atoms with E-state index in [1.807, 2.05) is 0 Å². The summed E-state index contributed by atoms with van der Waals surface area (Å²) < 4.78 is 12.4. The number of anilines is 1. The predicted molar refractivity (Wildman–Crippen MR) is 107 cm³/mol. The summed E-state index contributed by atoms with van der Waals surface area (Å²) in [4.78, 5) is 13.6. The van der Waals surface area contributed by atoms with Crippen LogP contribution in [0.4, 0.5) is 5.69 Å². The van der Waals surface area contributed by atoms with Crippen LogP contribution in [0.5, 0.6) is 11.5 Å². The number of fused-ring (bicyclic) bond motifs is 1. The lowest BCUT2D eigenvalue weighted by molar-refractivity contribution is -0.117. The molecule has 4 aromatic rings. The number of amides is 1. The lowest BCUT2D eigenvalue weighted by atomic mass is 10.1. The molecule has 5 rings (SSSR count). The fourth-order valence-corrected chi connectivity index (χ4v) is 3.19. The Hall–Kier alpha value is -4.06. The normalized spacial score (nSPS) is 12.5. The molecule has 1 amide bonds. The van der Waals surface area contributed by atoms with Crippen molar-refractivity contribution in [1.82, 2.24) is 40.4 Å². The standard InChI is InChI=1S/C18H14ClN9O3/c19-11-1-3-13(14(7-11)27-10-20-24-26-27)18-22-25-28(23-18)9-17(29)21-12-2-4-15-16(8-12)31-6-5-30-15/h1-4,7-8,10H,5-6,9H2,(H,21,29). The first-order valence-corrected chi connectivity index (χ1v) is 9.54. The molecule has 0 fully saturated rings. The third-order valence-corrected chi connectivity index (χ3v) is 4.60. The highest BCUT2D eigenvalue weighted by atomic mass is 35.5. The van der Waals surface area contributed by atoms with Crippen LogP contribution in [-0.2, 0) is 11.3 Å². The summed E-state index contributed by atoms with van der Waals surface area (Å²) in [6.45, 7) is 0.838. The Morgan fingerprint density at radius 1 is 1.10 bits per heavy atom. The number of ether oxygens (including phenoxy) is 2. The molecule has 0 spiro atoms. The minimum Gasteiger partial charge on any atom is -0.486 e. The van der Waals surface area contributed by atoms with E-state index >= 15 is 0 Å². The van der Waals surface area contributed by atoms with Crippen molar-refractivity contribution >= 4 is 23.2 Å². The number of rotatable bonds is 5. The molecule has 0 atom stereocenters. The van der Waals surface area contributed by atoms with E-state index in [-0.39, 0.29) is 12.5 Å². The first-order chi connectivity index (χ1) is 15.2. The third kappa shape index (κ3) is 4.00. The number of tetrazole rings is 2. The Morgan fingerprint density at radius 2 is 1.97 bits per heavy atom. The highest BCUT2D eigenvalue weighted by Gasteiger charge is 2.16. The molecule has 3 heterocycles. The van der Waals surface area contributed by atoms with E-state index < -0.39 is 0 Å².